The van der Waals surface area contributed by atoms with Gasteiger partial charge >= 0.3 is 5.97 Å². The van der Waals surface area contributed by atoms with Gasteiger partial charge in [-0.05, 0) is 31.7 Å². The molecule has 0 saturated carbocycles. The Morgan fingerprint density at radius 1 is 1.43 bits per heavy atom. The molecule has 1 N–H and O–H groups in total. The van der Waals surface area contributed by atoms with Crippen LogP contribution in [0.3, 0.4) is 0 Å². The second-order valence-corrected chi connectivity index (χ2v) is 5.52. The first-order valence-corrected chi connectivity index (χ1v) is 7.49. The van der Waals surface area contributed by atoms with Gasteiger partial charge in [0.1, 0.15) is 12.4 Å². The number of carbonyl (C=O) groups is 1. The highest BCUT2D eigenvalue weighted by Gasteiger charge is 2.22. The number of hydrogen-bond donors (Lipinski definition) is 1. The zero-order valence-corrected chi connectivity index (χ0v) is 12.8. The summed E-state index contributed by atoms with van der Waals surface area (Å²) in [6.07, 6.45) is 1.16. The van der Waals surface area contributed by atoms with Crippen molar-refractivity contribution in [2.75, 3.05) is 39.8 Å². The van der Waals surface area contributed by atoms with Crippen molar-refractivity contribution in [1.82, 2.24) is 9.80 Å². The normalized spacial score (nSPS) is 20.4. The summed E-state index contributed by atoms with van der Waals surface area (Å²) < 4.78 is 5.68. The molecule has 0 spiro atoms. The number of piperazine rings is 1. The fraction of sp³-hybridized carbons (Fsp3) is 0.562. The highest BCUT2D eigenvalue weighted by molar-refractivity contribution is 5.87. The summed E-state index contributed by atoms with van der Waals surface area (Å²) >= 11 is 0. The fourth-order valence-electron chi connectivity index (χ4n) is 2.67. The molecule has 5 nitrogen and oxygen atoms in total. The molecule has 21 heavy (non-hydrogen) atoms. The molecule has 116 valence electrons. The lowest BCUT2D eigenvalue weighted by Gasteiger charge is -2.39. The lowest BCUT2D eigenvalue weighted by molar-refractivity contribution is 0.0695. The van der Waals surface area contributed by atoms with Crippen LogP contribution in [0.4, 0.5) is 0 Å². The van der Waals surface area contributed by atoms with E-state index in [1.165, 1.54) is 0 Å². The highest BCUT2D eigenvalue weighted by atomic mass is 16.5. The van der Waals surface area contributed by atoms with Gasteiger partial charge in [-0.2, -0.15) is 0 Å². The van der Waals surface area contributed by atoms with Gasteiger partial charge in [0.15, 0.2) is 0 Å². The maximum Gasteiger partial charge on any atom is 0.335 e. The first-order valence-electron chi connectivity index (χ1n) is 7.49. The summed E-state index contributed by atoms with van der Waals surface area (Å²) in [5, 5.41) is 8.95. The van der Waals surface area contributed by atoms with Gasteiger partial charge in [0, 0.05) is 32.2 Å². The number of benzene rings is 1. The maximum atomic E-state index is 10.9. The van der Waals surface area contributed by atoms with Crippen molar-refractivity contribution in [2.45, 2.75) is 19.4 Å². The summed E-state index contributed by atoms with van der Waals surface area (Å²) in [5.41, 5.74) is 0.262. The Labute approximate surface area is 126 Å². The van der Waals surface area contributed by atoms with Gasteiger partial charge in [-0.1, -0.05) is 13.0 Å². The molecule has 0 radical (unpaired) electrons. The molecule has 1 aromatic rings. The highest BCUT2D eigenvalue weighted by Crippen LogP contribution is 2.14. The van der Waals surface area contributed by atoms with E-state index in [0.717, 1.165) is 32.6 Å². The van der Waals surface area contributed by atoms with Crippen LogP contribution < -0.4 is 4.74 Å². The molecule has 1 aliphatic rings. The second kappa shape index (κ2) is 7.43. The van der Waals surface area contributed by atoms with Crippen LogP contribution in [0.25, 0.3) is 0 Å². The number of likely N-dealkylation sites (N-methyl/N-ethyl adjacent to an activating group) is 1. The van der Waals surface area contributed by atoms with Crippen molar-refractivity contribution in [2.24, 2.45) is 0 Å². The molecule has 1 heterocycles. The van der Waals surface area contributed by atoms with E-state index in [0.29, 0.717) is 18.4 Å². The smallest absolute Gasteiger partial charge is 0.335 e. The number of nitrogens with zero attached hydrogens (tertiary/aromatic N) is 2. The first kappa shape index (κ1) is 15.8. The Balaban J connectivity index is 1.79. The van der Waals surface area contributed by atoms with E-state index in [1.54, 1.807) is 24.3 Å². The molecular weight excluding hydrogens is 268 g/mol. The Hall–Kier alpha value is -1.59. The van der Waals surface area contributed by atoms with E-state index in [9.17, 15) is 4.79 Å². The predicted molar refractivity (Wildman–Crippen MR) is 82.0 cm³/mol. The third-order valence-electron chi connectivity index (χ3n) is 4.09. The summed E-state index contributed by atoms with van der Waals surface area (Å²) in [5.74, 6) is -0.304. The van der Waals surface area contributed by atoms with Gasteiger partial charge in [-0.3, -0.25) is 4.90 Å². The van der Waals surface area contributed by atoms with Crippen molar-refractivity contribution in [1.29, 1.82) is 0 Å². The Bertz CT molecular complexity index is 478. The lowest BCUT2D eigenvalue weighted by Crippen LogP contribution is -2.51. The minimum Gasteiger partial charge on any atom is -0.492 e. The van der Waals surface area contributed by atoms with Crippen LogP contribution in [-0.4, -0.2) is 66.8 Å². The van der Waals surface area contributed by atoms with Crippen molar-refractivity contribution >= 4 is 5.97 Å². The van der Waals surface area contributed by atoms with Gasteiger partial charge in [-0.25, -0.2) is 4.79 Å². The molecule has 1 unspecified atom stereocenters. The van der Waals surface area contributed by atoms with Gasteiger partial charge in [0.05, 0.1) is 5.56 Å². The molecule has 0 aromatic heterocycles. The van der Waals surface area contributed by atoms with Crippen LogP contribution in [0.2, 0.25) is 0 Å². The third kappa shape index (κ3) is 4.44. The first-order chi connectivity index (χ1) is 10.1. The molecule has 0 amide bonds. The zero-order valence-electron chi connectivity index (χ0n) is 12.8. The molecule has 1 aliphatic heterocycles. The second-order valence-electron chi connectivity index (χ2n) is 5.52. The number of hydrogen-bond acceptors (Lipinski definition) is 4. The van der Waals surface area contributed by atoms with Crippen LogP contribution in [0.1, 0.15) is 23.7 Å². The Morgan fingerprint density at radius 2 is 2.24 bits per heavy atom. The quantitative estimate of drug-likeness (QED) is 0.866. The monoisotopic (exact) mass is 292 g/mol. The molecule has 5 heteroatoms. The van der Waals surface area contributed by atoms with Gasteiger partial charge < -0.3 is 14.7 Å². The zero-order chi connectivity index (χ0) is 15.2. The number of carboxylic acids is 1. The largest absolute Gasteiger partial charge is 0.492 e. The minimum atomic E-state index is -0.926. The minimum absolute atomic E-state index is 0.262. The van der Waals surface area contributed by atoms with E-state index < -0.39 is 5.97 Å². The van der Waals surface area contributed by atoms with Crippen molar-refractivity contribution in [3.63, 3.8) is 0 Å². The molecule has 0 bridgehead atoms. The van der Waals surface area contributed by atoms with Gasteiger partial charge in [-0.15, -0.1) is 0 Å². The molecular formula is C16H24N2O3. The van der Waals surface area contributed by atoms with Gasteiger partial charge in [0.2, 0.25) is 0 Å². The number of rotatable bonds is 6. The summed E-state index contributed by atoms with van der Waals surface area (Å²) in [6, 6.07) is 7.27. The van der Waals surface area contributed by atoms with E-state index >= 15 is 0 Å². The Kier molecular flexibility index (Phi) is 5.59. The van der Waals surface area contributed by atoms with E-state index in [-0.39, 0.29) is 5.56 Å². The number of ether oxygens (including phenoxy) is 1. The summed E-state index contributed by atoms with van der Waals surface area (Å²) in [7, 11) is 2.18. The van der Waals surface area contributed by atoms with Crippen molar-refractivity contribution in [3.05, 3.63) is 29.8 Å². The summed E-state index contributed by atoms with van der Waals surface area (Å²) in [4.78, 5) is 15.7. The lowest BCUT2D eigenvalue weighted by atomic mass is 10.1. The maximum absolute atomic E-state index is 10.9. The van der Waals surface area contributed by atoms with Gasteiger partial charge in [0.25, 0.3) is 0 Å². The molecule has 0 aliphatic carbocycles. The number of aromatic carboxylic acids is 1. The molecule has 1 atom stereocenters. The number of carboxylic acid groups (broad SMARTS) is 1. The van der Waals surface area contributed by atoms with Crippen LogP contribution >= 0.6 is 0 Å². The molecule has 1 aromatic carbocycles. The molecule has 1 saturated heterocycles. The predicted octanol–water partition coefficient (Wildman–Crippen LogP) is 1.79. The van der Waals surface area contributed by atoms with E-state index in [2.05, 4.69) is 23.8 Å². The van der Waals surface area contributed by atoms with Crippen LogP contribution in [-0.2, 0) is 0 Å². The topological polar surface area (TPSA) is 53.0 Å². The van der Waals surface area contributed by atoms with Crippen LogP contribution in [0.15, 0.2) is 24.3 Å². The summed E-state index contributed by atoms with van der Waals surface area (Å²) in [6.45, 7) is 6.91. The van der Waals surface area contributed by atoms with E-state index in [4.69, 9.17) is 9.84 Å². The van der Waals surface area contributed by atoms with Crippen molar-refractivity contribution < 1.29 is 14.6 Å². The molecule has 1 fully saturated rings. The average Bonchev–Trinajstić information content (AvgIpc) is 2.49. The third-order valence-corrected chi connectivity index (χ3v) is 4.09. The average molecular weight is 292 g/mol. The van der Waals surface area contributed by atoms with E-state index in [1.807, 2.05) is 0 Å². The standard InChI is InChI=1S/C16H24N2O3/c1-3-14-12-18(8-7-17(14)2)9-10-21-15-6-4-5-13(11-15)16(19)20/h4-6,11,14H,3,7-10,12H2,1-2H3,(H,19,20). The van der Waals surface area contributed by atoms with Crippen LogP contribution in [0, 0.1) is 0 Å². The fourth-order valence-corrected chi connectivity index (χ4v) is 2.67. The van der Waals surface area contributed by atoms with Crippen LogP contribution in [0.5, 0.6) is 5.75 Å². The Morgan fingerprint density at radius 3 is 2.95 bits per heavy atom. The molecule has 2 rings (SSSR count). The SMILES string of the molecule is CCC1CN(CCOc2cccc(C(=O)O)c2)CCN1C. The van der Waals surface area contributed by atoms with Crippen molar-refractivity contribution in [3.8, 4) is 5.75 Å².